The highest BCUT2D eigenvalue weighted by molar-refractivity contribution is 5.79. The summed E-state index contributed by atoms with van der Waals surface area (Å²) in [6, 6.07) is 10.2. The lowest BCUT2D eigenvalue weighted by atomic mass is 9.97. The Kier molecular flexibility index (Phi) is 3.47. The van der Waals surface area contributed by atoms with Crippen LogP contribution < -0.4 is 5.73 Å². The SMILES string of the molecule is Cc1nn(C)c(C)c1CC(N)c1ccc2ncccc2c1. The zero-order valence-corrected chi connectivity index (χ0v) is 12.7. The minimum Gasteiger partial charge on any atom is -0.324 e. The molecule has 0 fully saturated rings. The maximum Gasteiger partial charge on any atom is 0.0702 e. The molecule has 0 bridgehead atoms. The third kappa shape index (κ3) is 2.54. The molecule has 4 heteroatoms. The minimum atomic E-state index is -0.0313. The minimum absolute atomic E-state index is 0.0313. The van der Waals surface area contributed by atoms with Gasteiger partial charge in [0.1, 0.15) is 0 Å². The molecule has 0 saturated carbocycles. The topological polar surface area (TPSA) is 56.7 Å². The molecular formula is C17H20N4. The number of rotatable bonds is 3. The van der Waals surface area contributed by atoms with Gasteiger partial charge in [-0.25, -0.2) is 0 Å². The second-order valence-corrected chi connectivity index (χ2v) is 5.54. The molecule has 1 atom stereocenters. The van der Waals surface area contributed by atoms with E-state index in [9.17, 15) is 0 Å². The fraction of sp³-hybridized carbons (Fsp3) is 0.294. The Hall–Kier alpha value is -2.20. The summed E-state index contributed by atoms with van der Waals surface area (Å²) in [5.41, 5.74) is 12.0. The highest BCUT2D eigenvalue weighted by Gasteiger charge is 2.15. The van der Waals surface area contributed by atoms with Gasteiger partial charge in [-0.1, -0.05) is 12.1 Å². The zero-order chi connectivity index (χ0) is 15.0. The molecule has 0 aliphatic heterocycles. The second kappa shape index (κ2) is 5.30. The number of aromatic nitrogens is 3. The highest BCUT2D eigenvalue weighted by Crippen LogP contribution is 2.23. The van der Waals surface area contributed by atoms with Crippen molar-refractivity contribution < 1.29 is 0 Å². The highest BCUT2D eigenvalue weighted by atomic mass is 15.3. The van der Waals surface area contributed by atoms with Gasteiger partial charge >= 0.3 is 0 Å². The number of nitrogens with zero attached hydrogens (tertiary/aromatic N) is 3. The summed E-state index contributed by atoms with van der Waals surface area (Å²) in [6.07, 6.45) is 2.61. The molecule has 0 amide bonds. The van der Waals surface area contributed by atoms with Crippen molar-refractivity contribution >= 4 is 10.9 Å². The van der Waals surface area contributed by atoms with Crippen molar-refractivity contribution in [2.45, 2.75) is 26.3 Å². The molecule has 2 heterocycles. The van der Waals surface area contributed by atoms with Crippen LogP contribution in [0, 0.1) is 13.8 Å². The third-order valence-corrected chi connectivity index (χ3v) is 4.14. The van der Waals surface area contributed by atoms with Gasteiger partial charge in [0.25, 0.3) is 0 Å². The fourth-order valence-electron chi connectivity index (χ4n) is 2.78. The first-order chi connectivity index (χ1) is 10.1. The number of nitrogens with two attached hydrogens (primary N) is 1. The molecule has 0 radical (unpaired) electrons. The second-order valence-electron chi connectivity index (χ2n) is 5.54. The molecule has 21 heavy (non-hydrogen) atoms. The number of aryl methyl sites for hydroxylation is 2. The van der Waals surface area contributed by atoms with Crippen LogP contribution in [-0.2, 0) is 13.5 Å². The van der Waals surface area contributed by atoms with Crippen molar-refractivity contribution in [1.29, 1.82) is 0 Å². The van der Waals surface area contributed by atoms with Crippen LogP contribution in [0.4, 0.5) is 0 Å². The molecule has 108 valence electrons. The van der Waals surface area contributed by atoms with E-state index < -0.39 is 0 Å². The van der Waals surface area contributed by atoms with Gasteiger partial charge in [0.2, 0.25) is 0 Å². The molecule has 4 nitrogen and oxygen atoms in total. The number of pyridine rings is 1. The van der Waals surface area contributed by atoms with Crippen LogP contribution in [0.25, 0.3) is 10.9 Å². The van der Waals surface area contributed by atoms with Crippen LogP contribution in [0.5, 0.6) is 0 Å². The smallest absolute Gasteiger partial charge is 0.0702 e. The predicted octanol–water partition coefficient (Wildman–Crippen LogP) is 2.83. The molecule has 2 aromatic heterocycles. The average molecular weight is 280 g/mol. The third-order valence-electron chi connectivity index (χ3n) is 4.14. The van der Waals surface area contributed by atoms with Crippen LogP contribution >= 0.6 is 0 Å². The van der Waals surface area contributed by atoms with E-state index in [2.05, 4.69) is 35.2 Å². The maximum atomic E-state index is 6.41. The van der Waals surface area contributed by atoms with Crippen LogP contribution in [-0.4, -0.2) is 14.8 Å². The number of fused-ring (bicyclic) bond motifs is 1. The van der Waals surface area contributed by atoms with Crippen molar-refractivity contribution in [1.82, 2.24) is 14.8 Å². The van der Waals surface area contributed by atoms with E-state index in [1.165, 1.54) is 11.3 Å². The summed E-state index contributed by atoms with van der Waals surface area (Å²) < 4.78 is 1.92. The Morgan fingerprint density at radius 3 is 2.76 bits per heavy atom. The Morgan fingerprint density at radius 1 is 1.24 bits per heavy atom. The van der Waals surface area contributed by atoms with E-state index in [1.807, 2.05) is 37.0 Å². The van der Waals surface area contributed by atoms with Crippen molar-refractivity contribution in [2.24, 2.45) is 12.8 Å². The Balaban J connectivity index is 1.91. The van der Waals surface area contributed by atoms with E-state index in [-0.39, 0.29) is 6.04 Å². The lowest BCUT2D eigenvalue weighted by Crippen LogP contribution is -2.14. The van der Waals surface area contributed by atoms with Gasteiger partial charge < -0.3 is 5.73 Å². The van der Waals surface area contributed by atoms with Crippen LogP contribution in [0.15, 0.2) is 36.5 Å². The molecule has 0 aliphatic carbocycles. The number of hydrogen-bond donors (Lipinski definition) is 1. The van der Waals surface area contributed by atoms with Crippen LogP contribution in [0.1, 0.15) is 28.6 Å². The van der Waals surface area contributed by atoms with Gasteiger partial charge in [0.05, 0.1) is 11.2 Å². The monoisotopic (exact) mass is 280 g/mol. The zero-order valence-electron chi connectivity index (χ0n) is 12.7. The van der Waals surface area contributed by atoms with E-state index >= 15 is 0 Å². The van der Waals surface area contributed by atoms with Crippen LogP contribution in [0.2, 0.25) is 0 Å². The molecular weight excluding hydrogens is 260 g/mol. The van der Waals surface area contributed by atoms with E-state index in [0.717, 1.165) is 28.6 Å². The summed E-state index contributed by atoms with van der Waals surface area (Å²) >= 11 is 0. The van der Waals surface area contributed by atoms with Gasteiger partial charge in [-0.2, -0.15) is 5.10 Å². The van der Waals surface area contributed by atoms with Crippen molar-refractivity contribution in [3.05, 3.63) is 59.0 Å². The molecule has 0 aliphatic rings. The first-order valence-electron chi connectivity index (χ1n) is 7.15. The predicted molar refractivity (Wildman–Crippen MR) is 85.1 cm³/mol. The van der Waals surface area contributed by atoms with Crippen molar-refractivity contribution in [3.8, 4) is 0 Å². The normalized spacial score (nSPS) is 12.8. The van der Waals surface area contributed by atoms with E-state index in [1.54, 1.807) is 0 Å². The Morgan fingerprint density at radius 2 is 2.05 bits per heavy atom. The van der Waals surface area contributed by atoms with Crippen LogP contribution in [0.3, 0.4) is 0 Å². The molecule has 2 N–H and O–H groups in total. The molecule has 0 saturated heterocycles. The number of hydrogen-bond acceptors (Lipinski definition) is 3. The maximum absolute atomic E-state index is 6.41. The molecule has 3 aromatic rings. The van der Waals surface area contributed by atoms with Gasteiger partial charge in [-0.15, -0.1) is 0 Å². The lowest BCUT2D eigenvalue weighted by molar-refractivity contribution is 0.708. The fourth-order valence-corrected chi connectivity index (χ4v) is 2.78. The van der Waals surface area contributed by atoms with Gasteiger partial charge in [0.15, 0.2) is 0 Å². The van der Waals surface area contributed by atoms with Gasteiger partial charge in [-0.05, 0) is 49.6 Å². The lowest BCUT2D eigenvalue weighted by Gasteiger charge is -2.13. The summed E-state index contributed by atoms with van der Waals surface area (Å²) in [5, 5.41) is 5.59. The standard InChI is InChI=1S/C17H20N4/c1-11-15(12(2)21(3)20-11)10-16(18)13-6-7-17-14(9-13)5-4-8-19-17/h4-9,16H,10,18H2,1-3H3. The Labute approximate surface area is 124 Å². The van der Waals surface area contributed by atoms with Crippen molar-refractivity contribution in [2.75, 3.05) is 0 Å². The van der Waals surface area contributed by atoms with Gasteiger partial charge in [0, 0.05) is 30.4 Å². The quantitative estimate of drug-likeness (QED) is 0.802. The summed E-state index contributed by atoms with van der Waals surface area (Å²) in [7, 11) is 1.97. The van der Waals surface area contributed by atoms with E-state index in [4.69, 9.17) is 5.73 Å². The molecule has 1 aromatic carbocycles. The molecule has 0 spiro atoms. The summed E-state index contributed by atoms with van der Waals surface area (Å²) in [4.78, 5) is 4.34. The Bertz CT molecular complexity index is 789. The first-order valence-corrected chi connectivity index (χ1v) is 7.15. The summed E-state index contributed by atoms with van der Waals surface area (Å²) in [6.45, 7) is 4.13. The van der Waals surface area contributed by atoms with E-state index in [0.29, 0.717) is 0 Å². The molecule has 1 unspecified atom stereocenters. The number of benzene rings is 1. The van der Waals surface area contributed by atoms with Gasteiger partial charge in [-0.3, -0.25) is 9.67 Å². The van der Waals surface area contributed by atoms with Crippen molar-refractivity contribution in [3.63, 3.8) is 0 Å². The molecule has 3 rings (SSSR count). The first kappa shape index (κ1) is 13.8. The summed E-state index contributed by atoms with van der Waals surface area (Å²) in [5.74, 6) is 0. The largest absolute Gasteiger partial charge is 0.324 e. The average Bonchev–Trinajstić information content (AvgIpc) is 2.73.